The summed E-state index contributed by atoms with van der Waals surface area (Å²) in [4.78, 5) is 4.72. The van der Waals surface area contributed by atoms with Crippen LogP contribution in [0.15, 0.2) is 194 Å². The summed E-state index contributed by atoms with van der Waals surface area (Å²) in [6, 6.07) is 69.8. The Bertz CT molecular complexity index is 2480. The highest BCUT2D eigenvalue weighted by molar-refractivity contribution is 5.95. The van der Waals surface area contributed by atoms with Gasteiger partial charge in [0.25, 0.3) is 0 Å². The topological polar surface area (TPSA) is 6.48 Å². The number of para-hydroxylation sites is 4. The number of anilines is 6. The first-order chi connectivity index (χ1) is 27.7. The van der Waals surface area contributed by atoms with Crippen molar-refractivity contribution in [2.75, 3.05) is 9.80 Å². The smallest absolute Gasteiger partial charge is 0.0534 e. The first-order valence-electron chi connectivity index (χ1n) is 19.2. The predicted octanol–water partition coefficient (Wildman–Crippen LogP) is 15.1. The molecular formula is C54H38N2. The molecular weight excluding hydrogens is 677 g/mol. The summed E-state index contributed by atoms with van der Waals surface area (Å²) in [6.07, 6.45) is 13.2. The molecule has 2 aliphatic rings. The van der Waals surface area contributed by atoms with Gasteiger partial charge in [-0.2, -0.15) is 0 Å². The quantitative estimate of drug-likeness (QED) is 0.158. The lowest BCUT2D eigenvalue weighted by molar-refractivity contribution is 1.28. The molecule has 0 saturated heterocycles. The van der Waals surface area contributed by atoms with E-state index in [0.717, 1.165) is 11.4 Å². The van der Waals surface area contributed by atoms with E-state index >= 15 is 0 Å². The molecule has 0 unspecified atom stereocenters. The lowest BCUT2D eigenvalue weighted by atomic mass is 10.0. The highest BCUT2D eigenvalue weighted by Gasteiger charge is 2.21. The van der Waals surface area contributed by atoms with Gasteiger partial charge in [0, 0.05) is 11.4 Å². The molecule has 8 aromatic rings. The van der Waals surface area contributed by atoms with Crippen LogP contribution in [-0.2, 0) is 0 Å². The zero-order valence-corrected chi connectivity index (χ0v) is 30.8. The van der Waals surface area contributed by atoms with Crippen LogP contribution >= 0.6 is 0 Å². The maximum Gasteiger partial charge on any atom is 0.0534 e. The Labute approximate surface area is 328 Å². The second kappa shape index (κ2) is 14.4. The molecule has 264 valence electrons. The molecule has 0 saturated carbocycles. The zero-order valence-electron chi connectivity index (χ0n) is 30.8. The summed E-state index contributed by atoms with van der Waals surface area (Å²) >= 11 is 0. The molecule has 56 heavy (non-hydrogen) atoms. The fourth-order valence-corrected chi connectivity index (χ4v) is 7.88. The Morgan fingerprint density at radius 2 is 0.500 bits per heavy atom. The average Bonchev–Trinajstić information content (AvgIpc) is 3.55. The highest BCUT2D eigenvalue weighted by atomic mass is 15.2. The maximum atomic E-state index is 2.36. The maximum absolute atomic E-state index is 2.36. The number of hydrogen-bond donors (Lipinski definition) is 0. The second-order valence-corrected chi connectivity index (χ2v) is 14.2. The van der Waals surface area contributed by atoms with Gasteiger partial charge < -0.3 is 9.80 Å². The van der Waals surface area contributed by atoms with Crippen LogP contribution in [0.4, 0.5) is 34.1 Å². The minimum absolute atomic E-state index is 1.14. The molecule has 0 N–H and O–H groups in total. The molecule has 2 heteroatoms. The van der Waals surface area contributed by atoms with E-state index in [4.69, 9.17) is 0 Å². The molecule has 2 heterocycles. The largest absolute Gasteiger partial charge is 0.309 e. The van der Waals surface area contributed by atoms with Gasteiger partial charge in [-0.3, -0.25) is 0 Å². The summed E-state index contributed by atoms with van der Waals surface area (Å²) in [5.41, 5.74) is 19.0. The van der Waals surface area contributed by atoms with Crippen LogP contribution in [-0.4, -0.2) is 0 Å². The number of nitrogens with zero attached hydrogens (tertiary/aromatic N) is 2. The predicted molar refractivity (Wildman–Crippen MR) is 240 cm³/mol. The fraction of sp³-hybridized carbons (Fsp3) is 0. The van der Waals surface area contributed by atoms with Gasteiger partial charge in [0.05, 0.1) is 22.7 Å². The lowest BCUT2D eigenvalue weighted by Crippen LogP contribution is -2.11. The molecule has 0 radical (unpaired) electrons. The lowest BCUT2D eigenvalue weighted by Gasteiger charge is -2.27. The van der Waals surface area contributed by atoms with Crippen molar-refractivity contribution >= 4 is 70.6 Å². The summed E-state index contributed by atoms with van der Waals surface area (Å²) in [5.74, 6) is 0. The Morgan fingerprint density at radius 3 is 0.786 bits per heavy atom. The Hall–Kier alpha value is -7.42. The van der Waals surface area contributed by atoms with Crippen molar-refractivity contribution in [2.45, 2.75) is 0 Å². The van der Waals surface area contributed by atoms with Crippen molar-refractivity contribution in [3.05, 3.63) is 228 Å². The zero-order chi connectivity index (χ0) is 37.3. The van der Waals surface area contributed by atoms with Gasteiger partial charge in [-0.05, 0) is 104 Å². The van der Waals surface area contributed by atoms with E-state index in [0.29, 0.717) is 0 Å². The van der Waals surface area contributed by atoms with Gasteiger partial charge >= 0.3 is 0 Å². The molecule has 10 rings (SSSR count). The van der Waals surface area contributed by atoms with Crippen molar-refractivity contribution in [2.24, 2.45) is 0 Å². The van der Waals surface area contributed by atoms with E-state index in [9.17, 15) is 0 Å². The highest BCUT2D eigenvalue weighted by Crippen LogP contribution is 2.44. The van der Waals surface area contributed by atoms with Crippen LogP contribution in [0.1, 0.15) is 33.4 Å². The summed E-state index contributed by atoms with van der Waals surface area (Å²) in [5, 5.41) is 0. The van der Waals surface area contributed by atoms with Crippen molar-refractivity contribution in [1.29, 1.82) is 0 Å². The summed E-state index contributed by atoms with van der Waals surface area (Å²) in [6.45, 7) is 0. The number of rotatable bonds is 6. The van der Waals surface area contributed by atoms with E-state index in [2.05, 4.69) is 240 Å². The monoisotopic (exact) mass is 714 g/mol. The molecule has 2 nitrogen and oxygen atoms in total. The SMILES string of the molecule is C(=Cc1ccc(-c2ccc(N3c4ccccc4C=Cc4ccccc43)cc2)cc1)c1ccc(-c2ccc(N3c4ccccc4C=Cc4ccccc43)cc2)cc1. The van der Waals surface area contributed by atoms with Crippen molar-refractivity contribution in [1.82, 2.24) is 0 Å². The third-order valence-electron chi connectivity index (χ3n) is 10.8. The van der Waals surface area contributed by atoms with E-state index in [1.165, 1.54) is 78.4 Å². The average molecular weight is 715 g/mol. The van der Waals surface area contributed by atoms with E-state index in [1.807, 2.05) is 0 Å². The number of benzene rings is 8. The molecule has 8 aromatic carbocycles. The van der Waals surface area contributed by atoms with Crippen LogP contribution in [0.3, 0.4) is 0 Å². The fourth-order valence-electron chi connectivity index (χ4n) is 7.88. The van der Waals surface area contributed by atoms with Gasteiger partial charge in [0.2, 0.25) is 0 Å². The Morgan fingerprint density at radius 1 is 0.250 bits per heavy atom. The van der Waals surface area contributed by atoms with Crippen molar-refractivity contribution in [3.63, 3.8) is 0 Å². The summed E-state index contributed by atoms with van der Waals surface area (Å²) in [7, 11) is 0. The van der Waals surface area contributed by atoms with Gasteiger partial charge in [-0.15, -0.1) is 0 Å². The molecule has 0 aromatic heterocycles. The van der Waals surface area contributed by atoms with Crippen molar-refractivity contribution < 1.29 is 0 Å². The Balaban J connectivity index is 0.832. The number of fused-ring (bicyclic) bond motifs is 4. The second-order valence-electron chi connectivity index (χ2n) is 14.2. The molecule has 0 spiro atoms. The molecule has 0 aliphatic carbocycles. The van der Waals surface area contributed by atoms with Gasteiger partial charge in [-0.25, -0.2) is 0 Å². The van der Waals surface area contributed by atoms with Crippen LogP contribution in [0.2, 0.25) is 0 Å². The van der Waals surface area contributed by atoms with Gasteiger partial charge in [-0.1, -0.05) is 182 Å². The standard InChI is InChI=1S/C54H38N2/c1-5-13-51-45(9-1)27-28-46-10-2-6-14-52(46)55(51)49-35-31-43(32-36-49)41-23-19-39(20-24-41)17-18-40-21-25-42(26-22-40)44-33-37-50(38-34-44)56-53-15-7-3-11-47(53)29-30-48-12-4-8-16-54(48)56/h1-38H. The first kappa shape index (κ1) is 33.2. The van der Waals surface area contributed by atoms with Gasteiger partial charge in [0.15, 0.2) is 0 Å². The molecule has 0 bridgehead atoms. The minimum Gasteiger partial charge on any atom is -0.309 e. The van der Waals surface area contributed by atoms with Crippen LogP contribution in [0, 0.1) is 0 Å². The van der Waals surface area contributed by atoms with Gasteiger partial charge in [0.1, 0.15) is 0 Å². The van der Waals surface area contributed by atoms with Crippen LogP contribution in [0.5, 0.6) is 0 Å². The van der Waals surface area contributed by atoms with Crippen molar-refractivity contribution in [3.8, 4) is 22.3 Å². The third-order valence-corrected chi connectivity index (χ3v) is 10.8. The normalized spacial score (nSPS) is 12.7. The third kappa shape index (κ3) is 6.34. The van der Waals surface area contributed by atoms with E-state index in [-0.39, 0.29) is 0 Å². The minimum atomic E-state index is 1.14. The molecule has 0 fully saturated rings. The molecule has 2 aliphatic heterocycles. The van der Waals surface area contributed by atoms with Crippen LogP contribution in [0.25, 0.3) is 58.7 Å². The summed E-state index contributed by atoms with van der Waals surface area (Å²) < 4.78 is 0. The van der Waals surface area contributed by atoms with E-state index < -0.39 is 0 Å². The Kier molecular flexibility index (Phi) is 8.55. The van der Waals surface area contributed by atoms with E-state index in [1.54, 1.807) is 0 Å². The van der Waals surface area contributed by atoms with Crippen LogP contribution < -0.4 is 9.80 Å². The molecule has 0 atom stereocenters. The number of hydrogen-bond acceptors (Lipinski definition) is 2. The first-order valence-corrected chi connectivity index (χ1v) is 19.2. The molecule has 0 amide bonds.